The summed E-state index contributed by atoms with van der Waals surface area (Å²) in [7, 11) is 0. The van der Waals surface area contributed by atoms with Crippen LogP contribution in [0.5, 0.6) is 0 Å². The number of anilines is 1. The number of morpholine rings is 1. The van der Waals surface area contributed by atoms with Crippen LogP contribution in [0.3, 0.4) is 0 Å². The molecule has 1 aliphatic heterocycles. The average Bonchev–Trinajstić information content (AvgIpc) is 3.39. The van der Waals surface area contributed by atoms with Crippen LogP contribution in [0.2, 0.25) is 0 Å². The van der Waals surface area contributed by atoms with Gasteiger partial charge in [0.25, 0.3) is 0 Å². The summed E-state index contributed by atoms with van der Waals surface area (Å²) >= 11 is 0. The number of nitrogens with zero attached hydrogens (tertiary/aromatic N) is 6. The topological polar surface area (TPSA) is 143 Å². The summed E-state index contributed by atoms with van der Waals surface area (Å²) in [6.45, 7) is 11.0. The predicted octanol–water partition coefficient (Wildman–Crippen LogP) is 3.41. The fourth-order valence-corrected chi connectivity index (χ4v) is 4.65. The maximum absolute atomic E-state index is 12.3. The Morgan fingerprint density at radius 3 is 2.71 bits per heavy atom. The molecule has 4 aromatic rings. The van der Waals surface area contributed by atoms with Gasteiger partial charge < -0.3 is 20.1 Å². The van der Waals surface area contributed by atoms with Crippen molar-refractivity contribution in [3.05, 3.63) is 60.2 Å². The van der Waals surface area contributed by atoms with Crippen molar-refractivity contribution in [3.8, 4) is 11.4 Å². The Morgan fingerprint density at radius 2 is 1.93 bits per heavy atom. The van der Waals surface area contributed by atoms with Crippen LogP contribution in [0.15, 0.2) is 48.8 Å². The highest BCUT2D eigenvalue weighted by Crippen LogP contribution is 2.25. The standard InChI is InChI=1S/C29H37N9O3/c1-29(2,3)41-28(39)33-18-21(20-7-5-4-6-8-20)17-24-30-10-9-23(34-24)25-22-19-32-27(35-26(22)37-36-25)31-11-12-38-13-15-40-16-14-38/h4-10,19,21H,11-18H2,1-3H3,(H,33,39)(H2,31,32,35,36,37). The molecule has 1 aromatic carbocycles. The molecule has 1 fully saturated rings. The second kappa shape index (κ2) is 13.0. The van der Waals surface area contributed by atoms with E-state index in [0.717, 1.165) is 56.0 Å². The summed E-state index contributed by atoms with van der Waals surface area (Å²) in [4.78, 5) is 33.1. The van der Waals surface area contributed by atoms with E-state index < -0.39 is 11.7 Å². The molecule has 1 aliphatic rings. The third-order valence-electron chi connectivity index (χ3n) is 6.68. The maximum Gasteiger partial charge on any atom is 0.407 e. The monoisotopic (exact) mass is 559 g/mol. The summed E-state index contributed by atoms with van der Waals surface area (Å²) in [5.74, 6) is 1.13. The molecule has 12 heteroatoms. The van der Waals surface area contributed by atoms with Crippen LogP contribution in [0.1, 0.15) is 38.1 Å². The molecule has 0 bridgehead atoms. The lowest BCUT2D eigenvalue weighted by molar-refractivity contribution is 0.0398. The first-order chi connectivity index (χ1) is 19.8. The molecule has 0 spiro atoms. The Bertz CT molecular complexity index is 1430. The van der Waals surface area contributed by atoms with Crippen molar-refractivity contribution >= 4 is 23.1 Å². The molecule has 12 nitrogen and oxygen atoms in total. The van der Waals surface area contributed by atoms with Gasteiger partial charge in [-0.15, -0.1) is 0 Å². The molecule has 3 aromatic heterocycles. The van der Waals surface area contributed by atoms with Crippen molar-refractivity contribution < 1.29 is 14.3 Å². The number of aromatic nitrogens is 6. The van der Waals surface area contributed by atoms with Crippen LogP contribution in [0, 0.1) is 0 Å². The third kappa shape index (κ3) is 7.95. The number of carbonyl (C=O) groups excluding carboxylic acids is 1. The van der Waals surface area contributed by atoms with Crippen molar-refractivity contribution in [2.45, 2.75) is 38.7 Å². The number of hydrogen-bond acceptors (Lipinski definition) is 10. The van der Waals surface area contributed by atoms with Crippen molar-refractivity contribution in [1.29, 1.82) is 0 Å². The van der Waals surface area contributed by atoms with E-state index in [0.29, 0.717) is 36.1 Å². The summed E-state index contributed by atoms with van der Waals surface area (Å²) < 4.78 is 10.8. The molecular weight excluding hydrogens is 522 g/mol. The lowest BCUT2D eigenvalue weighted by Crippen LogP contribution is -2.39. The molecule has 4 heterocycles. The van der Waals surface area contributed by atoms with E-state index in [9.17, 15) is 4.79 Å². The quantitative estimate of drug-likeness (QED) is 0.264. The van der Waals surface area contributed by atoms with E-state index in [1.165, 1.54) is 0 Å². The molecule has 1 atom stereocenters. The van der Waals surface area contributed by atoms with Crippen LogP contribution in [0.25, 0.3) is 22.4 Å². The highest BCUT2D eigenvalue weighted by atomic mass is 16.6. The molecule has 0 aliphatic carbocycles. The second-order valence-electron chi connectivity index (χ2n) is 11.0. The number of aromatic amines is 1. The smallest absolute Gasteiger partial charge is 0.407 e. The predicted molar refractivity (Wildman–Crippen MR) is 156 cm³/mol. The van der Waals surface area contributed by atoms with Gasteiger partial charge in [0.2, 0.25) is 5.95 Å². The van der Waals surface area contributed by atoms with Gasteiger partial charge in [0.05, 0.1) is 30.0 Å². The Hall–Kier alpha value is -4.16. The van der Waals surface area contributed by atoms with Crippen molar-refractivity contribution in [3.63, 3.8) is 0 Å². The molecular formula is C29H37N9O3. The highest BCUT2D eigenvalue weighted by molar-refractivity contribution is 5.89. The fourth-order valence-electron chi connectivity index (χ4n) is 4.65. The van der Waals surface area contributed by atoms with Crippen molar-refractivity contribution in [2.75, 3.05) is 51.3 Å². The molecule has 1 amide bonds. The van der Waals surface area contributed by atoms with Crippen molar-refractivity contribution in [1.82, 2.24) is 40.3 Å². The zero-order valence-corrected chi connectivity index (χ0v) is 23.8. The molecule has 41 heavy (non-hydrogen) atoms. The SMILES string of the molecule is CC(C)(C)OC(=O)NCC(Cc1nccc(-c2[nH]nc3nc(NCCN4CCOCC4)ncc23)n1)c1ccccc1. The van der Waals surface area contributed by atoms with E-state index in [1.807, 2.05) is 57.2 Å². The van der Waals surface area contributed by atoms with E-state index in [2.05, 4.69) is 40.7 Å². The van der Waals surface area contributed by atoms with Crippen LogP contribution < -0.4 is 10.6 Å². The number of alkyl carbamates (subject to hydrolysis) is 1. The van der Waals surface area contributed by atoms with Gasteiger partial charge in [-0.2, -0.15) is 10.1 Å². The zero-order valence-electron chi connectivity index (χ0n) is 23.8. The fraction of sp³-hybridized carbons (Fsp3) is 0.448. The number of nitrogens with one attached hydrogen (secondary N) is 3. The van der Waals surface area contributed by atoms with Gasteiger partial charge >= 0.3 is 6.09 Å². The largest absolute Gasteiger partial charge is 0.444 e. The number of amides is 1. The van der Waals surface area contributed by atoms with E-state index >= 15 is 0 Å². The molecule has 0 saturated carbocycles. The molecule has 5 rings (SSSR count). The molecule has 216 valence electrons. The van der Waals surface area contributed by atoms with Gasteiger partial charge in [-0.3, -0.25) is 10.00 Å². The van der Waals surface area contributed by atoms with E-state index in [-0.39, 0.29) is 5.92 Å². The van der Waals surface area contributed by atoms with Crippen LogP contribution in [-0.2, 0) is 15.9 Å². The summed E-state index contributed by atoms with van der Waals surface area (Å²) in [5.41, 5.74) is 2.49. The minimum atomic E-state index is -0.569. The van der Waals surface area contributed by atoms with Gasteiger partial charge in [-0.05, 0) is 32.4 Å². The van der Waals surface area contributed by atoms with Gasteiger partial charge in [-0.1, -0.05) is 30.3 Å². The first kappa shape index (κ1) is 28.4. The number of ether oxygens (including phenoxy) is 2. The van der Waals surface area contributed by atoms with E-state index in [1.54, 1.807) is 12.4 Å². The second-order valence-corrected chi connectivity index (χ2v) is 11.0. The summed E-state index contributed by atoms with van der Waals surface area (Å²) in [5, 5.41) is 14.4. The Balaban J connectivity index is 1.27. The van der Waals surface area contributed by atoms with E-state index in [4.69, 9.17) is 14.5 Å². The number of fused-ring (bicyclic) bond motifs is 1. The average molecular weight is 560 g/mol. The number of H-pyrrole nitrogens is 1. The highest BCUT2D eigenvalue weighted by Gasteiger charge is 2.20. The van der Waals surface area contributed by atoms with Gasteiger partial charge in [-0.25, -0.2) is 19.7 Å². The molecule has 1 unspecified atom stereocenters. The van der Waals surface area contributed by atoms with Crippen LogP contribution in [0.4, 0.5) is 10.7 Å². The van der Waals surface area contributed by atoms with Crippen molar-refractivity contribution in [2.24, 2.45) is 0 Å². The maximum atomic E-state index is 12.3. The first-order valence-electron chi connectivity index (χ1n) is 13.9. The molecule has 0 radical (unpaired) electrons. The number of rotatable bonds is 10. The van der Waals surface area contributed by atoms with Crippen LogP contribution in [-0.4, -0.2) is 92.7 Å². The Kier molecular flexibility index (Phi) is 9.00. The normalized spacial score (nSPS) is 15.0. The van der Waals surface area contributed by atoms with Crippen LogP contribution >= 0.6 is 0 Å². The Morgan fingerprint density at radius 1 is 1.12 bits per heavy atom. The molecule has 3 N–H and O–H groups in total. The number of hydrogen-bond donors (Lipinski definition) is 3. The summed E-state index contributed by atoms with van der Waals surface area (Å²) in [6.07, 6.45) is 3.56. The molecule has 1 saturated heterocycles. The number of carbonyl (C=O) groups is 1. The van der Waals surface area contributed by atoms with Gasteiger partial charge in [0, 0.05) is 57.5 Å². The first-order valence-corrected chi connectivity index (χ1v) is 13.9. The Labute approximate surface area is 239 Å². The minimum Gasteiger partial charge on any atom is -0.444 e. The summed E-state index contributed by atoms with van der Waals surface area (Å²) in [6, 6.07) is 11.8. The van der Waals surface area contributed by atoms with Gasteiger partial charge in [0.1, 0.15) is 11.4 Å². The lowest BCUT2D eigenvalue weighted by Gasteiger charge is -2.26. The number of benzene rings is 1. The third-order valence-corrected chi connectivity index (χ3v) is 6.68. The zero-order chi connectivity index (χ0) is 28.7. The minimum absolute atomic E-state index is 0.0492. The van der Waals surface area contributed by atoms with Gasteiger partial charge in [0.15, 0.2) is 5.65 Å². The lowest BCUT2D eigenvalue weighted by atomic mass is 9.95.